The molecule has 0 unspecified atom stereocenters. The molecule has 0 aromatic heterocycles. The zero-order valence-electron chi connectivity index (χ0n) is 16.8. The highest BCUT2D eigenvalue weighted by Crippen LogP contribution is 2.28. The van der Waals surface area contributed by atoms with Gasteiger partial charge in [-0.3, -0.25) is 4.79 Å². The van der Waals surface area contributed by atoms with Crippen molar-refractivity contribution in [2.45, 2.75) is 55.5 Å². The molecule has 0 aliphatic rings. The standard InChI is InChI=1S/C21H25NO6S/c1-14(23)22-18(20(25)28-21(2,3)4)12-15-10-11-16(24)13-19(15)29(26,27)17-8-6-5-7-9-17/h5-11,13,18,24H,12H2,1-4H3,(H,22,23)/t18-/m0/s1. The topological polar surface area (TPSA) is 110 Å². The molecule has 156 valence electrons. The molecule has 0 heterocycles. The lowest BCUT2D eigenvalue weighted by molar-refractivity contribution is -0.158. The van der Waals surface area contributed by atoms with Crippen LogP contribution in [0.5, 0.6) is 5.75 Å². The van der Waals surface area contributed by atoms with E-state index in [9.17, 15) is 23.1 Å². The van der Waals surface area contributed by atoms with Crippen LogP contribution in [-0.4, -0.2) is 37.0 Å². The van der Waals surface area contributed by atoms with Gasteiger partial charge in [0.15, 0.2) is 0 Å². The summed E-state index contributed by atoms with van der Waals surface area (Å²) in [5.41, 5.74) is -0.502. The molecule has 2 N–H and O–H groups in total. The van der Waals surface area contributed by atoms with Crippen molar-refractivity contribution in [1.29, 1.82) is 0 Å². The third kappa shape index (κ3) is 6.05. The summed E-state index contributed by atoms with van der Waals surface area (Å²) >= 11 is 0. The second kappa shape index (κ2) is 8.65. The molecule has 2 aromatic rings. The molecule has 8 heteroatoms. The first-order chi connectivity index (χ1) is 13.4. The second-order valence-electron chi connectivity index (χ2n) is 7.60. The van der Waals surface area contributed by atoms with E-state index in [1.54, 1.807) is 39.0 Å². The average molecular weight is 419 g/mol. The fourth-order valence-corrected chi connectivity index (χ4v) is 4.26. The molecule has 7 nitrogen and oxygen atoms in total. The van der Waals surface area contributed by atoms with Gasteiger partial charge in [-0.05, 0) is 50.6 Å². The van der Waals surface area contributed by atoms with E-state index < -0.39 is 33.4 Å². The maximum atomic E-state index is 13.1. The molecular formula is C21H25NO6S. The summed E-state index contributed by atoms with van der Waals surface area (Å²) in [7, 11) is -3.95. The SMILES string of the molecule is CC(=O)N[C@@H](Cc1ccc(O)cc1S(=O)(=O)c1ccccc1)C(=O)OC(C)(C)C. The number of aromatic hydroxyl groups is 1. The van der Waals surface area contributed by atoms with Crippen LogP contribution >= 0.6 is 0 Å². The van der Waals surface area contributed by atoms with Gasteiger partial charge in [0, 0.05) is 13.3 Å². The first-order valence-electron chi connectivity index (χ1n) is 9.02. The number of ether oxygens (including phenoxy) is 1. The summed E-state index contributed by atoms with van der Waals surface area (Å²) in [5.74, 6) is -1.35. The lowest BCUT2D eigenvalue weighted by Crippen LogP contribution is -2.44. The normalized spacial score (nSPS) is 12.8. The van der Waals surface area contributed by atoms with Crippen LogP contribution in [0.15, 0.2) is 58.3 Å². The molecular weight excluding hydrogens is 394 g/mol. The van der Waals surface area contributed by atoms with E-state index in [1.165, 1.54) is 31.2 Å². The molecule has 0 saturated heterocycles. The Labute approximate surface area is 170 Å². The van der Waals surface area contributed by atoms with Crippen LogP contribution in [-0.2, 0) is 30.6 Å². The number of phenols is 1. The van der Waals surface area contributed by atoms with E-state index >= 15 is 0 Å². The number of hydrogen-bond donors (Lipinski definition) is 2. The Bertz CT molecular complexity index is 994. The smallest absolute Gasteiger partial charge is 0.329 e. The van der Waals surface area contributed by atoms with Crippen molar-refractivity contribution in [3.63, 3.8) is 0 Å². The fourth-order valence-electron chi connectivity index (χ4n) is 2.72. The number of carbonyl (C=O) groups excluding carboxylic acids is 2. The third-order valence-electron chi connectivity index (χ3n) is 3.89. The minimum atomic E-state index is -3.95. The number of sulfone groups is 1. The fraction of sp³-hybridized carbons (Fsp3) is 0.333. The van der Waals surface area contributed by atoms with Crippen LogP contribution in [0.4, 0.5) is 0 Å². The van der Waals surface area contributed by atoms with Crippen LogP contribution in [0, 0.1) is 0 Å². The van der Waals surface area contributed by atoms with Crippen molar-refractivity contribution in [3.05, 3.63) is 54.1 Å². The van der Waals surface area contributed by atoms with E-state index in [1.807, 2.05) is 0 Å². The number of nitrogens with one attached hydrogen (secondary N) is 1. The Morgan fingerprint density at radius 1 is 1.10 bits per heavy atom. The van der Waals surface area contributed by atoms with E-state index in [4.69, 9.17) is 4.74 Å². The van der Waals surface area contributed by atoms with Crippen molar-refractivity contribution in [2.75, 3.05) is 0 Å². The van der Waals surface area contributed by atoms with Gasteiger partial charge in [-0.25, -0.2) is 13.2 Å². The van der Waals surface area contributed by atoms with Crippen molar-refractivity contribution >= 4 is 21.7 Å². The number of benzene rings is 2. The van der Waals surface area contributed by atoms with Crippen molar-refractivity contribution in [2.24, 2.45) is 0 Å². The molecule has 0 aliphatic carbocycles. The molecule has 0 aliphatic heterocycles. The summed E-state index contributed by atoms with van der Waals surface area (Å²) in [6.45, 7) is 6.35. The van der Waals surface area contributed by atoms with Crippen LogP contribution in [0.25, 0.3) is 0 Å². The zero-order valence-corrected chi connectivity index (χ0v) is 17.6. The predicted octanol–water partition coefficient (Wildman–Crippen LogP) is 2.61. The van der Waals surface area contributed by atoms with Crippen molar-refractivity contribution in [3.8, 4) is 5.75 Å². The predicted molar refractivity (Wildman–Crippen MR) is 107 cm³/mol. The molecule has 0 spiro atoms. The minimum absolute atomic E-state index is 0.0557. The van der Waals surface area contributed by atoms with E-state index in [0.29, 0.717) is 0 Å². The van der Waals surface area contributed by atoms with Crippen LogP contribution in [0.1, 0.15) is 33.3 Å². The number of hydrogen-bond acceptors (Lipinski definition) is 6. The van der Waals surface area contributed by atoms with Gasteiger partial charge >= 0.3 is 5.97 Å². The van der Waals surface area contributed by atoms with Crippen molar-refractivity contribution in [1.82, 2.24) is 5.32 Å². The lowest BCUT2D eigenvalue weighted by Gasteiger charge is -2.25. The molecule has 0 radical (unpaired) electrons. The first kappa shape index (κ1) is 22.4. The van der Waals surface area contributed by atoms with Gasteiger partial charge in [-0.2, -0.15) is 0 Å². The Kier molecular flexibility index (Phi) is 6.69. The maximum Gasteiger partial charge on any atom is 0.329 e. The monoisotopic (exact) mass is 419 g/mol. The molecule has 0 saturated carbocycles. The highest BCUT2D eigenvalue weighted by molar-refractivity contribution is 7.91. The minimum Gasteiger partial charge on any atom is -0.508 e. The highest BCUT2D eigenvalue weighted by Gasteiger charge is 2.29. The van der Waals surface area contributed by atoms with Gasteiger partial charge in [0.1, 0.15) is 17.4 Å². The molecule has 2 aromatic carbocycles. The van der Waals surface area contributed by atoms with E-state index in [2.05, 4.69) is 5.32 Å². The van der Waals surface area contributed by atoms with Crippen LogP contribution < -0.4 is 5.32 Å². The Morgan fingerprint density at radius 2 is 1.72 bits per heavy atom. The lowest BCUT2D eigenvalue weighted by atomic mass is 10.0. The van der Waals surface area contributed by atoms with Gasteiger partial charge in [-0.1, -0.05) is 24.3 Å². The number of rotatable bonds is 6. The summed E-state index contributed by atoms with van der Waals surface area (Å²) in [6.07, 6.45) is -0.115. The summed E-state index contributed by atoms with van der Waals surface area (Å²) in [6, 6.07) is 10.6. The first-order valence-corrected chi connectivity index (χ1v) is 10.5. The summed E-state index contributed by atoms with van der Waals surface area (Å²) in [4.78, 5) is 24.1. The largest absolute Gasteiger partial charge is 0.508 e. The van der Waals surface area contributed by atoms with Gasteiger partial charge < -0.3 is 15.2 Å². The maximum absolute atomic E-state index is 13.1. The molecule has 0 bridgehead atoms. The number of esters is 1. The van der Waals surface area contributed by atoms with E-state index in [-0.39, 0.29) is 27.5 Å². The third-order valence-corrected chi connectivity index (χ3v) is 5.74. The average Bonchev–Trinajstić information content (AvgIpc) is 2.61. The molecule has 2 rings (SSSR count). The van der Waals surface area contributed by atoms with Crippen LogP contribution in [0.2, 0.25) is 0 Å². The van der Waals surface area contributed by atoms with Crippen LogP contribution in [0.3, 0.4) is 0 Å². The zero-order chi connectivity index (χ0) is 21.8. The number of phenolic OH excluding ortho intramolecular Hbond substituents is 1. The van der Waals surface area contributed by atoms with Gasteiger partial charge in [0.2, 0.25) is 15.7 Å². The molecule has 0 fully saturated rings. The van der Waals surface area contributed by atoms with Gasteiger partial charge in [-0.15, -0.1) is 0 Å². The number of carbonyl (C=O) groups is 2. The Hall–Kier alpha value is -2.87. The second-order valence-corrected chi connectivity index (χ2v) is 9.52. The van der Waals surface area contributed by atoms with Crippen molar-refractivity contribution < 1.29 is 27.9 Å². The molecule has 1 atom stereocenters. The summed E-state index contributed by atoms with van der Waals surface area (Å²) < 4.78 is 31.5. The molecule has 1 amide bonds. The number of amides is 1. The van der Waals surface area contributed by atoms with Gasteiger partial charge in [0.05, 0.1) is 9.79 Å². The molecule has 29 heavy (non-hydrogen) atoms. The Balaban J connectivity index is 2.48. The van der Waals surface area contributed by atoms with Gasteiger partial charge in [0.25, 0.3) is 0 Å². The highest BCUT2D eigenvalue weighted by atomic mass is 32.2. The summed E-state index contributed by atoms with van der Waals surface area (Å²) in [5, 5.41) is 12.4. The Morgan fingerprint density at radius 3 is 2.28 bits per heavy atom. The van der Waals surface area contributed by atoms with E-state index in [0.717, 1.165) is 6.07 Å². The quantitative estimate of drug-likeness (QED) is 0.697.